The maximum absolute atomic E-state index is 9.11. The summed E-state index contributed by atoms with van der Waals surface area (Å²) in [6.07, 6.45) is 0. The standard InChI is InChI=1S/C16H15BrN2/c1-11-3-4-13(7-12(11)2)10-19-16-6-5-15(17)8-14(16)9-18/h3-8,19H,10H2,1-2H3. The van der Waals surface area contributed by atoms with Crippen LogP contribution in [0.3, 0.4) is 0 Å². The molecule has 0 aliphatic carbocycles. The average molecular weight is 315 g/mol. The number of hydrogen-bond acceptors (Lipinski definition) is 2. The summed E-state index contributed by atoms with van der Waals surface area (Å²) in [5, 5.41) is 12.4. The number of benzene rings is 2. The minimum atomic E-state index is 0.651. The van der Waals surface area contributed by atoms with Crippen LogP contribution < -0.4 is 5.32 Å². The van der Waals surface area contributed by atoms with Gasteiger partial charge in [-0.3, -0.25) is 0 Å². The number of hydrogen-bond donors (Lipinski definition) is 1. The number of nitrogens with one attached hydrogen (secondary N) is 1. The molecule has 0 aliphatic heterocycles. The van der Waals surface area contributed by atoms with Crippen molar-refractivity contribution in [3.8, 4) is 6.07 Å². The van der Waals surface area contributed by atoms with Crippen molar-refractivity contribution in [1.29, 1.82) is 5.26 Å². The number of rotatable bonds is 3. The Morgan fingerprint density at radius 1 is 1.11 bits per heavy atom. The van der Waals surface area contributed by atoms with E-state index in [-0.39, 0.29) is 0 Å². The van der Waals surface area contributed by atoms with Crippen LogP contribution >= 0.6 is 15.9 Å². The SMILES string of the molecule is Cc1ccc(CNc2ccc(Br)cc2C#N)cc1C. The summed E-state index contributed by atoms with van der Waals surface area (Å²) in [7, 11) is 0. The van der Waals surface area contributed by atoms with Gasteiger partial charge in [0.1, 0.15) is 6.07 Å². The number of nitrogens with zero attached hydrogens (tertiary/aromatic N) is 1. The van der Waals surface area contributed by atoms with Gasteiger partial charge >= 0.3 is 0 Å². The molecule has 0 amide bonds. The van der Waals surface area contributed by atoms with Crippen LogP contribution in [0, 0.1) is 25.2 Å². The third-order valence-electron chi connectivity index (χ3n) is 3.16. The largest absolute Gasteiger partial charge is 0.380 e. The Balaban J connectivity index is 2.14. The van der Waals surface area contributed by atoms with Crippen LogP contribution in [0.15, 0.2) is 40.9 Å². The third-order valence-corrected chi connectivity index (χ3v) is 3.65. The molecule has 2 nitrogen and oxygen atoms in total. The molecule has 0 unspecified atom stereocenters. The zero-order chi connectivity index (χ0) is 13.8. The molecule has 0 saturated heterocycles. The monoisotopic (exact) mass is 314 g/mol. The molecule has 1 N–H and O–H groups in total. The van der Waals surface area contributed by atoms with Crippen molar-refractivity contribution in [3.05, 3.63) is 63.1 Å². The van der Waals surface area contributed by atoms with Crippen LogP contribution in [-0.4, -0.2) is 0 Å². The van der Waals surface area contributed by atoms with Gasteiger partial charge < -0.3 is 5.32 Å². The highest BCUT2D eigenvalue weighted by Gasteiger charge is 2.03. The molecule has 96 valence electrons. The fourth-order valence-electron chi connectivity index (χ4n) is 1.87. The molecule has 0 atom stereocenters. The fourth-order valence-corrected chi connectivity index (χ4v) is 2.23. The van der Waals surface area contributed by atoms with Crippen molar-refractivity contribution in [2.45, 2.75) is 20.4 Å². The average Bonchev–Trinajstić information content (AvgIpc) is 2.41. The lowest BCUT2D eigenvalue weighted by atomic mass is 10.1. The molecule has 0 heterocycles. The second-order valence-electron chi connectivity index (χ2n) is 4.57. The topological polar surface area (TPSA) is 35.8 Å². The van der Waals surface area contributed by atoms with Crippen molar-refractivity contribution in [2.75, 3.05) is 5.32 Å². The summed E-state index contributed by atoms with van der Waals surface area (Å²) in [5.74, 6) is 0. The molecule has 3 heteroatoms. The van der Waals surface area contributed by atoms with Gasteiger partial charge in [-0.15, -0.1) is 0 Å². The van der Waals surface area contributed by atoms with Gasteiger partial charge in [-0.2, -0.15) is 5.26 Å². The van der Waals surface area contributed by atoms with Crippen molar-refractivity contribution in [1.82, 2.24) is 0 Å². The highest BCUT2D eigenvalue weighted by molar-refractivity contribution is 9.10. The smallest absolute Gasteiger partial charge is 0.101 e. The van der Waals surface area contributed by atoms with E-state index in [0.717, 1.165) is 16.7 Å². The van der Waals surface area contributed by atoms with Gasteiger partial charge in [-0.1, -0.05) is 34.1 Å². The molecule has 19 heavy (non-hydrogen) atoms. The Kier molecular flexibility index (Phi) is 4.24. The molecule has 0 aliphatic rings. The van der Waals surface area contributed by atoms with Crippen molar-refractivity contribution < 1.29 is 0 Å². The zero-order valence-electron chi connectivity index (χ0n) is 11.0. The minimum Gasteiger partial charge on any atom is -0.380 e. The predicted octanol–water partition coefficient (Wildman–Crippen LogP) is 4.55. The van der Waals surface area contributed by atoms with E-state index in [4.69, 9.17) is 5.26 Å². The van der Waals surface area contributed by atoms with E-state index >= 15 is 0 Å². The molecule has 0 radical (unpaired) electrons. The number of halogens is 1. The van der Waals surface area contributed by atoms with E-state index in [1.165, 1.54) is 16.7 Å². The van der Waals surface area contributed by atoms with Crippen molar-refractivity contribution in [3.63, 3.8) is 0 Å². The summed E-state index contributed by atoms with van der Waals surface area (Å²) in [5.41, 5.74) is 5.32. The second kappa shape index (κ2) is 5.90. The first kappa shape index (κ1) is 13.6. The normalized spacial score (nSPS) is 10.0. The van der Waals surface area contributed by atoms with Gasteiger partial charge in [0.2, 0.25) is 0 Å². The van der Waals surface area contributed by atoms with Crippen LogP contribution in [0.2, 0.25) is 0 Å². The Hall–Kier alpha value is -1.79. The first-order chi connectivity index (χ1) is 9.10. The summed E-state index contributed by atoms with van der Waals surface area (Å²) in [6.45, 7) is 4.94. The van der Waals surface area contributed by atoms with Crippen LogP contribution in [0.5, 0.6) is 0 Å². The van der Waals surface area contributed by atoms with Gasteiger partial charge in [0.25, 0.3) is 0 Å². The van der Waals surface area contributed by atoms with Crippen LogP contribution in [0.1, 0.15) is 22.3 Å². The van der Waals surface area contributed by atoms with Gasteiger partial charge in [-0.25, -0.2) is 0 Å². The van der Waals surface area contributed by atoms with E-state index in [9.17, 15) is 0 Å². The first-order valence-electron chi connectivity index (χ1n) is 6.10. The van der Waals surface area contributed by atoms with Crippen LogP contribution in [-0.2, 0) is 6.54 Å². The van der Waals surface area contributed by atoms with Crippen LogP contribution in [0.4, 0.5) is 5.69 Å². The summed E-state index contributed by atoms with van der Waals surface area (Å²) < 4.78 is 0.917. The molecule has 0 saturated carbocycles. The van der Waals surface area contributed by atoms with Gasteiger partial charge in [0, 0.05) is 11.0 Å². The Labute approximate surface area is 122 Å². The lowest BCUT2D eigenvalue weighted by Gasteiger charge is -2.10. The predicted molar refractivity (Wildman–Crippen MR) is 82.1 cm³/mol. The summed E-state index contributed by atoms with van der Waals surface area (Å²) in [6, 6.07) is 14.3. The second-order valence-corrected chi connectivity index (χ2v) is 5.49. The summed E-state index contributed by atoms with van der Waals surface area (Å²) >= 11 is 3.37. The highest BCUT2D eigenvalue weighted by atomic mass is 79.9. The van der Waals surface area contributed by atoms with Gasteiger partial charge in [0.05, 0.1) is 11.3 Å². The van der Waals surface area contributed by atoms with Gasteiger partial charge in [-0.05, 0) is 48.7 Å². The maximum Gasteiger partial charge on any atom is 0.101 e. The molecule has 2 rings (SSSR count). The molecular weight excluding hydrogens is 300 g/mol. The number of anilines is 1. The Morgan fingerprint density at radius 3 is 2.58 bits per heavy atom. The van der Waals surface area contributed by atoms with Crippen molar-refractivity contribution >= 4 is 21.6 Å². The highest BCUT2D eigenvalue weighted by Crippen LogP contribution is 2.21. The van der Waals surface area contributed by atoms with E-state index in [1.807, 2.05) is 18.2 Å². The molecule has 2 aromatic carbocycles. The zero-order valence-corrected chi connectivity index (χ0v) is 12.6. The molecule has 0 fully saturated rings. The number of nitriles is 1. The van der Waals surface area contributed by atoms with E-state index < -0.39 is 0 Å². The lowest BCUT2D eigenvalue weighted by Crippen LogP contribution is -2.01. The maximum atomic E-state index is 9.11. The fraction of sp³-hybridized carbons (Fsp3) is 0.188. The third kappa shape index (κ3) is 3.36. The molecule has 2 aromatic rings. The lowest BCUT2D eigenvalue weighted by molar-refractivity contribution is 1.13. The van der Waals surface area contributed by atoms with Crippen molar-refractivity contribution in [2.24, 2.45) is 0 Å². The van der Waals surface area contributed by atoms with Crippen LogP contribution in [0.25, 0.3) is 0 Å². The van der Waals surface area contributed by atoms with Gasteiger partial charge in [0.15, 0.2) is 0 Å². The first-order valence-corrected chi connectivity index (χ1v) is 6.89. The molecule has 0 bridgehead atoms. The molecule has 0 spiro atoms. The minimum absolute atomic E-state index is 0.651. The Morgan fingerprint density at radius 2 is 1.89 bits per heavy atom. The molecule has 0 aromatic heterocycles. The Bertz CT molecular complexity index is 642. The number of aryl methyl sites for hydroxylation is 2. The quantitative estimate of drug-likeness (QED) is 0.902. The summed E-state index contributed by atoms with van der Waals surface area (Å²) in [4.78, 5) is 0. The van der Waals surface area contributed by atoms with E-state index in [2.05, 4.69) is 59.4 Å². The van der Waals surface area contributed by atoms with E-state index in [1.54, 1.807) is 0 Å². The van der Waals surface area contributed by atoms with E-state index in [0.29, 0.717) is 5.56 Å². The molecular formula is C16H15BrN2.